The molecule has 0 aliphatic heterocycles. The average molecular weight is 247 g/mol. The number of nitrogen functional groups attached to an aromatic ring is 1. The Balaban J connectivity index is 1.97. The minimum Gasteiger partial charge on any atom is -0.397 e. The van der Waals surface area contributed by atoms with Crippen molar-refractivity contribution in [2.75, 3.05) is 18.1 Å². The molecule has 1 amide bonds. The fourth-order valence-electron chi connectivity index (χ4n) is 2.14. The largest absolute Gasteiger partial charge is 0.397 e. The maximum Gasteiger partial charge on any atom is 0.241 e. The second kappa shape index (κ2) is 5.40. The van der Waals surface area contributed by atoms with Crippen LogP contribution in [0.2, 0.25) is 0 Å². The lowest BCUT2D eigenvalue weighted by Crippen LogP contribution is -2.48. The SMILES string of the molecule is CC(C(=O)Nc1ccccc1N)N(C)C1CCC1. The zero-order valence-corrected chi connectivity index (χ0v) is 11.0. The van der Waals surface area contributed by atoms with Crippen LogP contribution in [0.1, 0.15) is 26.2 Å². The molecule has 3 N–H and O–H groups in total. The first-order valence-electron chi connectivity index (χ1n) is 6.47. The zero-order valence-electron chi connectivity index (χ0n) is 11.0. The van der Waals surface area contributed by atoms with Gasteiger partial charge in [0, 0.05) is 6.04 Å². The molecule has 1 aromatic rings. The molecule has 1 fully saturated rings. The van der Waals surface area contributed by atoms with Crippen LogP contribution in [0.15, 0.2) is 24.3 Å². The van der Waals surface area contributed by atoms with Gasteiger partial charge in [0.2, 0.25) is 5.91 Å². The minimum absolute atomic E-state index is 0.00213. The van der Waals surface area contributed by atoms with Crippen molar-refractivity contribution in [1.29, 1.82) is 0 Å². The highest BCUT2D eigenvalue weighted by Gasteiger charge is 2.28. The van der Waals surface area contributed by atoms with Crippen LogP contribution in [0.25, 0.3) is 0 Å². The molecule has 1 aliphatic rings. The molecular formula is C14H21N3O. The highest BCUT2D eigenvalue weighted by molar-refractivity contribution is 5.97. The Morgan fingerprint density at radius 2 is 2.11 bits per heavy atom. The lowest BCUT2D eigenvalue weighted by Gasteiger charge is -2.37. The normalized spacial score (nSPS) is 17.3. The molecule has 0 bridgehead atoms. The molecule has 2 rings (SSSR count). The van der Waals surface area contributed by atoms with Gasteiger partial charge in [-0.3, -0.25) is 9.69 Å². The summed E-state index contributed by atoms with van der Waals surface area (Å²) in [5.41, 5.74) is 7.11. The van der Waals surface area contributed by atoms with Gasteiger partial charge in [-0.2, -0.15) is 0 Å². The molecular weight excluding hydrogens is 226 g/mol. The summed E-state index contributed by atoms with van der Waals surface area (Å²) >= 11 is 0. The first-order chi connectivity index (χ1) is 8.59. The van der Waals surface area contributed by atoms with Gasteiger partial charge < -0.3 is 11.1 Å². The summed E-state index contributed by atoms with van der Waals surface area (Å²) in [5, 5.41) is 2.89. The lowest BCUT2D eigenvalue weighted by atomic mass is 9.91. The Labute approximate surface area is 108 Å². The number of hydrogen-bond donors (Lipinski definition) is 2. The van der Waals surface area contributed by atoms with Gasteiger partial charge in [-0.15, -0.1) is 0 Å². The molecule has 4 nitrogen and oxygen atoms in total. The highest BCUT2D eigenvalue weighted by Crippen LogP contribution is 2.25. The van der Waals surface area contributed by atoms with Crippen molar-refractivity contribution in [3.05, 3.63) is 24.3 Å². The van der Waals surface area contributed by atoms with Crippen molar-refractivity contribution in [3.63, 3.8) is 0 Å². The Bertz CT molecular complexity index is 429. The van der Waals surface area contributed by atoms with Crippen LogP contribution in [0.3, 0.4) is 0 Å². The van der Waals surface area contributed by atoms with E-state index in [1.165, 1.54) is 19.3 Å². The van der Waals surface area contributed by atoms with E-state index in [9.17, 15) is 4.79 Å². The summed E-state index contributed by atoms with van der Waals surface area (Å²) in [6.45, 7) is 1.94. The van der Waals surface area contributed by atoms with Gasteiger partial charge in [0.25, 0.3) is 0 Å². The number of nitrogens with zero attached hydrogens (tertiary/aromatic N) is 1. The molecule has 0 saturated heterocycles. The van der Waals surface area contributed by atoms with Gasteiger partial charge in [-0.05, 0) is 38.9 Å². The molecule has 0 radical (unpaired) electrons. The van der Waals surface area contributed by atoms with Crippen molar-refractivity contribution >= 4 is 17.3 Å². The third-order valence-electron chi connectivity index (χ3n) is 3.86. The molecule has 18 heavy (non-hydrogen) atoms. The molecule has 1 atom stereocenters. The van der Waals surface area contributed by atoms with Crippen molar-refractivity contribution in [1.82, 2.24) is 4.90 Å². The summed E-state index contributed by atoms with van der Waals surface area (Å²) in [6.07, 6.45) is 3.66. The summed E-state index contributed by atoms with van der Waals surface area (Å²) < 4.78 is 0. The van der Waals surface area contributed by atoms with Crippen LogP contribution in [0, 0.1) is 0 Å². The third kappa shape index (κ3) is 2.64. The number of hydrogen-bond acceptors (Lipinski definition) is 3. The second-order valence-corrected chi connectivity index (χ2v) is 5.00. The third-order valence-corrected chi connectivity index (χ3v) is 3.86. The molecule has 0 heterocycles. The topological polar surface area (TPSA) is 58.4 Å². The van der Waals surface area contributed by atoms with E-state index < -0.39 is 0 Å². The van der Waals surface area contributed by atoms with E-state index in [0.717, 1.165) is 0 Å². The van der Waals surface area contributed by atoms with Crippen LogP contribution in [0.5, 0.6) is 0 Å². The van der Waals surface area contributed by atoms with Crippen molar-refractivity contribution in [3.8, 4) is 0 Å². The summed E-state index contributed by atoms with van der Waals surface area (Å²) in [5.74, 6) is 0.00213. The fraction of sp³-hybridized carbons (Fsp3) is 0.500. The standard InChI is InChI=1S/C14H21N3O/c1-10(17(2)11-6-5-7-11)14(18)16-13-9-4-3-8-12(13)15/h3-4,8-11H,5-7,15H2,1-2H3,(H,16,18). The van der Waals surface area contributed by atoms with E-state index in [2.05, 4.69) is 10.2 Å². The highest BCUT2D eigenvalue weighted by atomic mass is 16.2. The van der Waals surface area contributed by atoms with Crippen LogP contribution in [0.4, 0.5) is 11.4 Å². The summed E-state index contributed by atoms with van der Waals surface area (Å²) in [6, 6.07) is 7.76. The van der Waals surface area contributed by atoms with Gasteiger partial charge >= 0.3 is 0 Å². The predicted octanol–water partition coefficient (Wildman–Crippen LogP) is 2.08. The predicted molar refractivity (Wildman–Crippen MR) is 74.3 cm³/mol. The van der Waals surface area contributed by atoms with E-state index >= 15 is 0 Å². The second-order valence-electron chi connectivity index (χ2n) is 5.00. The van der Waals surface area contributed by atoms with E-state index in [4.69, 9.17) is 5.73 Å². The van der Waals surface area contributed by atoms with Crippen LogP contribution in [-0.4, -0.2) is 29.9 Å². The van der Waals surface area contributed by atoms with Gasteiger partial charge in [-0.25, -0.2) is 0 Å². The first-order valence-corrected chi connectivity index (χ1v) is 6.47. The molecule has 0 aromatic heterocycles. The smallest absolute Gasteiger partial charge is 0.241 e. The molecule has 1 saturated carbocycles. The minimum atomic E-state index is -0.130. The number of amides is 1. The maximum atomic E-state index is 12.1. The average Bonchev–Trinajstić information content (AvgIpc) is 2.28. The van der Waals surface area contributed by atoms with E-state index in [1.54, 1.807) is 6.07 Å². The number of nitrogens with two attached hydrogens (primary N) is 1. The number of para-hydroxylation sites is 2. The zero-order chi connectivity index (χ0) is 13.1. The maximum absolute atomic E-state index is 12.1. The van der Waals surface area contributed by atoms with E-state index in [-0.39, 0.29) is 11.9 Å². The van der Waals surface area contributed by atoms with Gasteiger partial charge in [-0.1, -0.05) is 18.6 Å². The Morgan fingerprint density at radius 3 is 2.67 bits per heavy atom. The Hall–Kier alpha value is -1.55. The van der Waals surface area contributed by atoms with Crippen LogP contribution >= 0.6 is 0 Å². The number of benzene rings is 1. The molecule has 98 valence electrons. The lowest BCUT2D eigenvalue weighted by molar-refractivity contribution is -0.121. The van der Waals surface area contributed by atoms with Crippen molar-refractivity contribution in [2.45, 2.75) is 38.3 Å². The number of nitrogens with one attached hydrogen (secondary N) is 1. The monoisotopic (exact) mass is 247 g/mol. The van der Waals surface area contributed by atoms with Gasteiger partial charge in [0.15, 0.2) is 0 Å². The number of carbonyl (C=O) groups excluding carboxylic acids is 1. The number of anilines is 2. The Morgan fingerprint density at radius 1 is 1.44 bits per heavy atom. The summed E-state index contributed by atoms with van der Waals surface area (Å²) in [4.78, 5) is 14.3. The summed E-state index contributed by atoms with van der Waals surface area (Å²) in [7, 11) is 2.02. The van der Waals surface area contributed by atoms with E-state index in [1.807, 2.05) is 32.2 Å². The quantitative estimate of drug-likeness (QED) is 0.801. The van der Waals surface area contributed by atoms with Crippen molar-refractivity contribution < 1.29 is 4.79 Å². The van der Waals surface area contributed by atoms with E-state index in [0.29, 0.717) is 17.4 Å². The van der Waals surface area contributed by atoms with Crippen LogP contribution < -0.4 is 11.1 Å². The molecule has 0 spiro atoms. The molecule has 4 heteroatoms. The van der Waals surface area contributed by atoms with Gasteiger partial charge in [0.1, 0.15) is 0 Å². The molecule has 1 unspecified atom stereocenters. The number of likely N-dealkylation sites (N-methyl/N-ethyl adjacent to an activating group) is 1. The molecule has 1 aromatic carbocycles. The Kier molecular flexibility index (Phi) is 3.87. The van der Waals surface area contributed by atoms with Gasteiger partial charge in [0.05, 0.1) is 17.4 Å². The van der Waals surface area contributed by atoms with Crippen LogP contribution in [-0.2, 0) is 4.79 Å². The molecule has 1 aliphatic carbocycles. The van der Waals surface area contributed by atoms with Crippen molar-refractivity contribution in [2.24, 2.45) is 0 Å². The number of carbonyl (C=O) groups is 1. The fourth-order valence-corrected chi connectivity index (χ4v) is 2.14. The first kappa shape index (κ1) is 12.9. The number of rotatable bonds is 4.